The molecule has 1 N–H and O–H groups in total. The minimum atomic E-state index is 0.169. The van der Waals surface area contributed by atoms with E-state index in [2.05, 4.69) is 58.8 Å². The molecule has 136 valence electrons. The van der Waals surface area contributed by atoms with Crippen molar-refractivity contribution in [3.8, 4) is 22.4 Å². The van der Waals surface area contributed by atoms with Gasteiger partial charge in [-0.05, 0) is 42.2 Å². The van der Waals surface area contributed by atoms with Gasteiger partial charge in [-0.15, -0.1) is 11.3 Å². The van der Waals surface area contributed by atoms with Crippen molar-refractivity contribution in [3.05, 3.63) is 60.0 Å². The van der Waals surface area contributed by atoms with Crippen molar-refractivity contribution in [2.75, 3.05) is 5.32 Å². The minimum absolute atomic E-state index is 0.169. The molecule has 1 heterocycles. The highest BCUT2D eigenvalue weighted by Gasteiger charge is 2.43. The van der Waals surface area contributed by atoms with E-state index in [1.807, 2.05) is 11.4 Å². The Morgan fingerprint density at radius 2 is 1.67 bits per heavy atom. The molecular formula is C23H22N2OS. The standard InChI is InChI=1S/C23H22N2OS/c26-22(20-13-15-6-7-19(20)12-15)25-23-24-21(14-27-23)18-10-8-17(9-11-18)16-4-2-1-3-5-16/h1-5,8-11,14-15,19-20H,6-7,12-13H2,(H,24,25,26). The summed E-state index contributed by atoms with van der Waals surface area (Å²) in [6.07, 6.45) is 4.85. The average molecular weight is 375 g/mol. The second-order valence-corrected chi connectivity index (χ2v) is 8.61. The molecule has 2 aliphatic rings. The molecule has 5 rings (SSSR count). The lowest BCUT2D eigenvalue weighted by molar-refractivity contribution is -0.121. The third-order valence-corrected chi connectivity index (χ3v) is 6.85. The van der Waals surface area contributed by atoms with Crippen LogP contribution >= 0.6 is 11.3 Å². The number of benzene rings is 2. The first-order chi connectivity index (χ1) is 13.3. The van der Waals surface area contributed by atoms with E-state index in [4.69, 9.17) is 0 Å². The van der Waals surface area contributed by atoms with Crippen LogP contribution in [0.1, 0.15) is 25.7 Å². The van der Waals surface area contributed by atoms with Crippen LogP contribution in [0.2, 0.25) is 0 Å². The number of anilines is 1. The number of carbonyl (C=O) groups excluding carboxylic acids is 1. The van der Waals surface area contributed by atoms with Gasteiger partial charge in [0.15, 0.2) is 5.13 Å². The zero-order chi connectivity index (χ0) is 18.2. The van der Waals surface area contributed by atoms with Crippen LogP contribution in [0.5, 0.6) is 0 Å². The summed E-state index contributed by atoms with van der Waals surface area (Å²) in [6, 6.07) is 18.8. The van der Waals surface area contributed by atoms with Gasteiger partial charge < -0.3 is 5.32 Å². The van der Waals surface area contributed by atoms with Crippen LogP contribution < -0.4 is 5.32 Å². The Kier molecular flexibility index (Phi) is 4.29. The van der Waals surface area contributed by atoms with Crippen LogP contribution in [0, 0.1) is 17.8 Å². The van der Waals surface area contributed by atoms with Gasteiger partial charge in [0.1, 0.15) is 0 Å². The monoisotopic (exact) mass is 374 g/mol. The number of thiazole rings is 1. The van der Waals surface area contributed by atoms with E-state index in [0.717, 1.165) is 23.6 Å². The van der Waals surface area contributed by atoms with Gasteiger partial charge in [-0.3, -0.25) is 4.79 Å². The van der Waals surface area contributed by atoms with Gasteiger partial charge in [0.25, 0.3) is 0 Å². The molecule has 4 heteroatoms. The van der Waals surface area contributed by atoms with Gasteiger partial charge in [0.05, 0.1) is 5.69 Å². The van der Waals surface area contributed by atoms with E-state index in [9.17, 15) is 4.79 Å². The summed E-state index contributed by atoms with van der Waals surface area (Å²) in [6.45, 7) is 0. The van der Waals surface area contributed by atoms with Gasteiger partial charge >= 0.3 is 0 Å². The van der Waals surface area contributed by atoms with Crippen LogP contribution in [0.25, 0.3) is 22.4 Å². The Bertz CT molecular complexity index is 948. The molecule has 2 aromatic carbocycles. The Morgan fingerprint density at radius 3 is 2.37 bits per heavy atom. The van der Waals surface area contributed by atoms with Crippen molar-refractivity contribution in [2.45, 2.75) is 25.7 Å². The smallest absolute Gasteiger partial charge is 0.229 e. The molecule has 2 fully saturated rings. The van der Waals surface area contributed by atoms with Crippen LogP contribution in [0.4, 0.5) is 5.13 Å². The molecular weight excluding hydrogens is 352 g/mol. The predicted molar refractivity (Wildman–Crippen MR) is 111 cm³/mol. The number of nitrogens with zero attached hydrogens (tertiary/aromatic N) is 1. The molecule has 0 saturated heterocycles. The van der Waals surface area contributed by atoms with Crippen molar-refractivity contribution in [3.63, 3.8) is 0 Å². The topological polar surface area (TPSA) is 42.0 Å². The van der Waals surface area contributed by atoms with Gasteiger partial charge in [0, 0.05) is 16.9 Å². The molecule has 2 bridgehead atoms. The number of nitrogens with one attached hydrogen (secondary N) is 1. The number of hydrogen-bond donors (Lipinski definition) is 1. The summed E-state index contributed by atoms with van der Waals surface area (Å²) < 4.78 is 0. The normalized spacial score (nSPS) is 23.5. The molecule has 0 spiro atoms. The molecule has 3 nitrogen and oxygen atoms in total. The minimum Gasteiger partial charge on any atom is -0.302 e. The van der Waals surface area contributed by atoms with E-state index in [0.29, 0.717) is 11.0 Å². The molecule has 1 aromatic heterocycles. The lowest BCUT2D eigenvalue weighted by Gasteiger charge is -2.19. The predicted octanol–water partition coefficient (Wildman–Crippen LogP) is 5.85. The molecule has 0 radical (unpaired) electrons. The molecule has 3 unspecified atom stereocenters. The third-order valence-electron chi connectivity index (χ3n) is 6.10. The first-order valence-corrected chi connectivity index (χ1v) is 10.6. The van der Waals surface area contributed by atoms with Crippen molar-refractivity contribution >= 4 is 22.4 Å². The molecule has 2 saturated carbocycles. The number of rotatable bonds is 4. The number of fused-ring (bicyclic) bond motifs is 2. The average Bonchev–Trinajstić information content (AvgIpc) is 3.46. The molecule has 2 aliphatic carbocycles. The maximum Gasteiger partial charge on any atom is 0.229 e. The summed E-state index contributed by atoms with van der Waals surface area (Å²) in [5.41, 5.74) is 4.40. The number of hydrogen-bond acceptors (Lipinski definition) is 3. The summed E-state index contributed by atoms with van der Waals surface area (Å²) in [4.78, 5) is 17.3. The largest absolute Gasteiger partial charge is 0.302 e. The maximum absolute atomic E-state index is 12.6. The van der Waals surface area contributed by atoms with Gasteiger partial charge in [-0.25, -0.2) is 4.98 Å². The molecule has 3 aromatic rings. The van der Waals surface area contributed by atoms with E-state index in [1.165, 1.54) is 41.7 Å². The molecule has 0 aliphatic heterocycles. The van der Waals surface area contributed by atoms with Crippen LogP contribution in [-0.2, 0) is 4.79 Å². The second-order valence-electron chi connectivity index (χ2n) is 7.75. The van der Waals surface area contributed by atoms with Crippen molar-refractivity contribution < 1.29 is 4.79 Å². The Labute approximate surface area is 163 Å². The van der Waals surface area contributed by atoms with E-state index >= 15 is 0 Å². The highest BCUT2D eigenvalue weighted by atomic mass is 32.1. The Balaban J connectivity index is 1.28. The van der Waals surface area contributed by atoms with Crippen molar-refractivity contribution in [1.82, 2.24) is 4.98 Å². The zero-order valence-electron chi connectivity index (χ0n) is 15.1. The second kappa shape index (κ2) is 6.93. The Morgan fingerprint density at radius 1 is 0.926 bits per heavy atom. The lowest BCUT2D eigenvalue weighted by Crippen LogP contribution is -2.27. The third kappa shape index (κ3) is 3.30. The van der Waals surface area contributed by atoms with Gasteiger partial charge in [-0.2, -0.15) is 0 Å². The fraction of sp³-hybridized carbons (Fsp3) is 0.304. The van der Waals surface area contributed by atoms with Crippen LogP contribution in [-0.4, -0.2) is 10.9 Å². The highest BCUT2D eigenvalue weighted by Crippen LogP contribution is 2.48. The van der Waals surface area contributed by atoms with Crippen LogP contribution in [0.15, 0.2) is 60.0 Å². The highest BCUT2D eigenvalue weighted by molar-refractivity contribution is 7.14. The van der Waals surface area contributed by atoms with E-state index < -0.39 is 0 Å². The van der Waals surface area contributed by atoms with E-state index in [-0.39, 0.29) is 11.8 Å². The fourth-order valence-corrected chi connectivity index (χ4v) is 5.41. The first kappa shape index (κ1) is 16.7. The van der Waals surface area contributed by atoms with Crippen LogP contribution in [0.3, 0.4) is 0 Å². The summed E-state index contributed by atoms with van der Waals surface area (Å²) in [7, 11) is 0. The molecule has 1 amide bonds. The maximum atomic E-state index is 12.6. The Hall–Kier alpha value is -2.46. The van der Waals surface area contributed by atoms with Gasteiger partial charge in [0.2, 0.25) is 5.91 Å². The summed E-state index contributed by atoms with van der Waals surface area (Å²) >= 11 is 1.51. The molecule has 3 atom stereocenters. The summed E-state index contributed by atoms with van der Waals surface area (Å²) in [5.74, 6) is 1.74. The fourth-order valence-electron chi connectivity index (χ4n) is 4.69. The van der Waals surface area contributed by atoms with Gasteiger partial charge in [-0.1, -0.05) is 61.0 Å². The molecule has 27 heavy (non-hydrogen) atoms. The SMILES string of the molecule is O=C(Nc1nc(-c2ccc(-c3ccccc3)cc2)cs1)C1CC2CCC1C2. The van der Waals surface area contributed by atoms with Crippen molar-refractivity contribution in [2.24, 2.45) is 17.8 Å². The summed E-state index contributed by atoms with van der Waals surface area (Å²) in [5, 5.41) is 5.80. The van der Waals surface area contributed by atoms with Crippen molar-refractivity contribution in [1.29, 1.82) is 0 Å². The first-order valence-electron chi connectivity index (χ1n) is 9.68. The number of amides is 1. The lowest BCUT2D eigenvalue weighted by atomic mass is 9.88. The number of aromatic nitrogens is 1. The number of carbonyl (C=O) groups is 1. The van der Waals surface area contributed by atoms with E-state index in [1.54, 1.807) is 0 Å². The quantitative estimate of drug-likeness (QED) is 0.622. The zero-order valence-corrected chi connectivity index (χ0v) is 15.9.